The molecule has 6 heteroatoms. The Kier molecular flexibility index (Phi) is 5.01. The molecular weight excluding hydrogens is 380 g/mol. The van der Waals surface area contributed by atoms with Crippen molar-refractivity contribution in [3.8, 4) is 17.0 Å². The highest BCUT2D eigenvalue weighted by Gasteiger charge is 2.22. The van der Waals surface area contributed by atoms with Gasteiger partial charge in [0.05, 0.1) is 24.1 Å². The first-order valence-electron chi connectivity index (χ1n) is 9.55. The van der Waals surface area contributed by atoms with Crippen molar-refractivity contribution in [3.63, 3.8) is 0 Å². The second kappa shape index (κ2) is 7.65. The average Bonchev–Trinajstić information content (AvgIpc) is 3.11. The van der Waals surface area contributed by atoms with E-state index in [4.69, 9.17) is 4.74 Å². The van der Waals surface area contributed by atoms with Gasteiger partial charge in [-0.2, -0.15) is 4.98 Å². The normalized spacial score (nSPS) is 12.1. The van der Waals surface area contributed by atoms with Crippen molar-refractivity contribution in [1.29, 1.82) is 0 Å². The molecule has 0 fully saturated rings. The highest BCUT2D eigenvalue weighted by atomic mass is 16.5. The monoisotopic (exact) mass is 402 g/mol. The van der Waals surface area contributed by atoms with Crippen LogP contribution in [0.25, 0.3) is 16.8 Å². The number of methoxy groups -OCH3 is 1. The Balaban J connectivity index is 1.86. The lowest BCUT2D eigenvalue weighted by molar-refractivity contribution is 0.0697. The maximum atomic E-state index is 11.9. The van der Waals surface area contributed by atoms with E-state index in [0.717, 1.165) is 16.8 Å². The number of nitrogens with zero attached hydrogens (tertiary/aromatic N) is 2. The number of carboxylic acids is 1. The molecule has 1 unspecified atom stereocenters. The third kappa shape index (κ3) is 3.21. The first kappa shape index (κ1) is 19.7. The van der Waals surface area contributed by atoms with Crippen LogP contribution in [0.3, 0.4) is 0 Å². The molecule has 30 heavy (non-hydrogen) atoms. The number of hydrogen-bond acceptors (Lipinski definition) is 4. The molecule has 0 bridgehead atoms. The minimum Gasteiger partial charge on any atom is -0.480 e. The summed E-state index contributed by atoms with van der Waals surface area (Å²) in [4.78, 5) is 16.4. The second-order valence-electron chi connectivity index (χ2n) is 7.19. The van der Waals surface area contributed by atoms with Crippen LogP contribution in [0, 0.1) is 13.8 Å². The average molecular weight is 402 g/mol. The van der Waals surface area contributed by atoms with Crippen molar-refractivity contribution < 1.29 is 19.7 Å². The van der Waals surface area contributed by atoms with Gasteiger partial charge in [0.2, 0.25) is 5.88 Å². The Morgan fingerprint density at radius 3 is 2.47 bits per heavy atom. The highest BCUT2D eigenvalue weighted by molar-refractivity contribution is 5.96. The number of carboxylic acid groups (broad SMARTS) is 1. The fraction of sp³-hybridized carbons (Fsp3) is 0.167. The standard InChI is InChI=1S/C24H22N2O4/c1-14-9-12-20(26-15(2)23(30-3)25-22(14)26)21(27)17-10-11-18(19(13-17)24(28)29)16-7-5-4-6-8-16/h4-13,21,27H,1-3H3,(H,28,29). The summed E-state index contributed by atoms with van der Waals surface area (Å²) in [5.41, 5.74) is 5.04. The maximum absolute atomic E-state index is 11.9. The van der Waals surface area contributed by atoms with Crippen molar-refractivity contribution in [3.05, 3.63) is 88.7 Å². The zero-order valence-electron chi connectivity index (χ0n) is 17.0. The van der Waals surface area contributed by atoms with E-state index in [1.165, 1.54) is 6.07 Å². The van der Waals surface area contributed by atoms with E-state index in [2.05, 4.69) is 4.98 Å². The molecule has 0 aliphatic heterocycles. The molecule has 4 aromatic rings. The molecule has 0 radical (unpaired) electrons. The minimum atomic E-state index is -1.04. The molecule has 0 aliphatic carbocycles. The number of aromatic carboxylic acids is 1. The molecule has 1 atom stereocenters. The number of carbonyl (C=O) groups is 1. The van der Waals surface area contributed by atoms with Gasteiger partial charge in [-0.05, 0) is 48.2 Å². The molecule has 2 aromatic carbocycles. The molecule has 2 aromatic heterocycles. The van der Waals surface area contributed by atoms with Crippen LogP contribution in [0.2, 0.25) is 0 Å². The number of fused-ring (bicyclic) bond motifs is 1. The SMILES string of the molecule is COc1nc2c(C)ccc(C(O)c3ccc(-c4ccccc4)c(C(=O)O)c3)n2c1C. The number of aliphatic hydroxyl groups is 1. The van der Waals surface area contributed by atoms with Crippen LogP contribution in [0.4, 0.5) is 0 Å². The third-order valence-electron chi connectivity index (χ3n) is 5.33. The summed E-state index contributed by atoms with van der Waals surface area (Å²) in [6.07, 6.45) is -1.03. The summed E-state index contributed by atoms with van der Waals surface area (Å²) >= 11 is 0. The molecule has 152 valence electrons. The first-order chi connectivity index (χ1) is 14.4. The minimum absolute atomic E-state index is 0.140. The number of imidazole rings is 1. The summed E-state index contributed by atoms with van der Waals surface area (Å²) in [5.74, 6) is -0.555. The number of benzene rings is 2. The molecule has 0 aliphatic rings. The largest absolute Gasteiger partial charge is 0.480 e. The number of aromatic nitrogens is 2. The molecule has 2 N–H and O–H groups in total. The second-order valence-corrected chi connectivity index (χ2v) is 7.19. The number of aryl methyl sites for hydroxylation is 2. The van der Waals surface area contributed by atoms with Crippen molar-refractivity contribution in [2.75, 3.05) is 7.11 Å². The van der Waals surface area contributed by atoms with Crippen molar-refractivity contribution in [2.45, 2.75) is 20.0 Å². The lowest BCUT2D eigenvalue weighted by Crippen LogP contribution is -2.10. The van der Waals surface area contributed by atoms with Gasteiger partial charge in [0.25, 0.3) is 0 Å². The zero-order chi connectivity index (χ0) is 21.4. The first-order valence-corrected chi connectivity index (χ1v) is 9.55. The van der Waals surface area contributed by atoms with Crippen molar-refractivity contribution in [2.24, 2.45) is 0 Å². The van der Waals surface area contributed by atoms with E-state index in [1.54, 1.807) is 19.2 Å². The predicted molar refractivity (Wildman–Crippen MR) is 114 cm³/mol. The third-order valence-corrected chi connectivity index (χ3v) is 5.33. The lowest BCUT2D eigenvalue weighted by atomic mass is 9.95. The van der Waals surface area contributed by atoms with E-state index in [0.29, 0.717) is 28.3 Å². The Hall–Kier alpha value is -3.64. The van der Waals surface area contributed by atoms with E-state index in [1.807, 2.05) is 60.7 Å². The highest BCUT2D eigenvalue weighted by Crippen LogP contribution is 2.32. The predicted octanol–water partition coefficient (Wildman–Crippen LogP) is 4.41. The van der Waals surface area contributed by atoms with Crippen molar-refractivity contribution >= 4 is 11.6 Å². The van der Waals surface area contributed by atoms with Crippen LogP contribution < -0.4 is 4.74 Å². The smallest absolute Gasteiger partial charge is 0.336 e. The van der Waals surface area contributed by atoms with Gasteiger partial charge in [-0.15, -0.1) is 0 Å². The quantitative estimate of drug-likeness (QED) is 0.517. The number of ether oxygens (including phenoxy) is 1. The van der Waals surface area contributed by atoms with Gasteiger partial charge in [-0.1, -0.05) is 48.5 Å². The molecule has 0 saturated carbocycles. The van der Waals surface area contributed by atoms with E-state index in [9.17, 15) is 15.0 Å². The topological polar surface area (TPSA) is 84.1 Å². The Bertz CT molecular complexity index is 1250. The zero-order valence-corrected chi connectivity index (χ0v) is 17.0. The van der Waals surface area contributed by atoms with Crippen LogP contribution in [-0.4, -0.2) is 32.7 Å². The van der Waals surface area contributed by atoms with Gasteiger partial charge >= 0.3 is 5.97 Å². The fourth-order valence-electron chi connectivity index (χ4n) is 3.78. The summed E-state index contributed by atoms with van der Waals surface area (Å²) in [6.45, 7) is 3.81. The number of aliphatic hydroxyl groups excluding tert-OH is 1. The van der Waals surface area contributed by atoms with Gasteiger partial charge in [-0.3, -0.25) is 4.40 Å². The van der Waals surface area contributed by atoms with Crippen LogP contribution in [0.5, 0.6) is 5.88 Å². The van der Waals surface area contributed by atoms with Crippen LogP contribution >= 0.6 is 0 Å². The molecular formula is C24H22N2O4. The molecule has 0 saturated heterocycles. The number of hydrogen-bond donors (Lipinski definition) is 2. The van der Waals surface area contributed by atoms with Gasteiger partial charge in [0.15, 0.2) is 0 Å². The van der Waals surface area contributed by atoms with Crippen LogP contribution in [-0.2, 0) is 0 Å². The molecule has 4 rings (SSSR count). The Morgan fingerprint density at radius 1 is 1.07 bits per heavy atom. The number of pyridine rings is 1. The van der Waals surface area contributed by atoms with Gasteiger partial charge in [0, 0.05) is 0 Å². The van der Waals surface area contributed by atoms with E-state index in [-0.39, 0.29) is 5.56 Å². The van der Waals surface area contributed by atoms with Crippen LogP contribution in [0.15, 0.2) is 60.7 Å². The molecule has 6 nitrogen and oxygen atoms in total. The Labute approximate surface area is 174 Å². The fourth-order valence-corrected chi connectivity index (χ4v) is 3.78. The summed E-state index contributed by atoms with van der Waals surface area (Å²) in [6, 6.07) is 18.1. The van der Waals surface area contributed by atoms with Gasteiger partial charge < -0.3 is 14.9 Å². The van der Waals surface area contributed by atoms with Crippen molar-refractivity contribution in [1.82, 2.24) is 9.38 Å². The molecule has 0 spiro atoms. The molecule has 2 heterocycles. The van der Waals surface area contributed by atoms with E-state index < -0.39 is 12.1 Å². The van der Waals surface area contributed by atoms with E-state index >= 15 is 0 Å². The van der Waals surface area contributed by atoms with Crippen LogP contribution in [0.1, 0.15) is 39.0 Å². The summed E-state index contributed by atoms with van der Waals surface area (Å²) in [7, 11) is 1.56. The lowest BCUT2D eigenvalue weighted by Gasteiger charge is -2.17. The Morgan fingerprint density at radius 2 is 1.80 bits per heavy atom. The summed E-state index contributed by atoms with van der Waals surface area (Å²) in [5, 5.41) is 21.0. The maximum Gasteiger partial charge on any atom is 0.336 e. The number of rotatable bonds is 5. The summed E-state index contributed by atoms with van der Waals surface area (Å²) < 4.78 is 7.20. The van der Waals surface area contributed by atoms with Gasteiger partial charge in [0.1, 0.15) is 11.8 Å². The molecule has 0 amide bonds. The van der Waals surface area contributed by atoms with Gasteiger partial charge in [-0.25, -0.2) is 4.79 Å².